The number of hydrogen-bond acceptors (Lipinski definition) is 5. The summed E-state index contributed by atoms with van der Waals surface area (Å²) >= 11 is 0. The van der Waals surface area contributed by atoms with Crippen LogP contribution in [0.1, 0.15) is 36.5 Å². The fraction of sp³-hybridized carbons (Fsp3) is 0.474. The lowest BCUT2D eigenvalue weighted by atomic mass is 9.81. The van der Waals surface area contributed by atoms with Crippen molar-refractivity contribution in [3.05, 3.63) is 29.8 Å². The molecule has 4 rings (SSSR count). The number of imide groups is 1. The number of anilines is 1. The monoisotopic (exact) mass is 341 g/mol. The van der Waals surface area contributed by atoms with E-state index in [1.54, 1.807) is 18.2 Å². The second-order valence-electron chi connectivity index (χ2n) is 7.23. The fourth-order valence-corrected chi connectivity index (χ4v) is 4.69. The molecule has 1 aromatic carbocycles. The van der Waals surface area contributed by atoms with Crippen LogP contribution in [0.2, 0.25) is 0 Å². The van der Waals surface area contributed by atoms with Gasteiger partial charge in [0.2, 0.25) is 11.8 Å². The second kappa shape index (κ2) is 5.79. The number of esters is 1. The molecule has 3 aliphatic rings. The molecule has 0 radical (unpaired) electrons. The molecule has 2 aliphatic carbocycles. The van der Waals surface area contributed by atoms with Crippen LogP contribution in [0.25, 0.3) is 0 Å². The lowest BCUT2D eigenvalue weighted by Crippen LogP contribution is -2.32. The summed E-state index contributed by atoms with van der Waals surface area (Å²) in [4.78, 5) is 49.9. The Morgan fingerprint density at radius 3 is 2.36 bits per heavy atom. The van der Waals surface area contributed by atoms with Crippen molar-refractivity contribution >= 4 is 29.3 Å². The fourth-order valence-electron chi connectivity index (χ4n) is 4.69. The molecular weight excluding hydrogens is 322 g/mol. The van der Waals surface area contributed by atoms with Gasteiger partial charge in [0.25, 0.3) is 0 Å². The van der Waals surface area contributed by atoms with Crippen molar-refractivity contribution in [2.24, 2.45) is 23.7 Å². The maximum absolute atomic E-state index is 12.8. The molecule has 0 aromatic heterocycles. The number of benzene rings is 1. The van der Waals surface area contributed by atoms with Crippen LogP contribution in [0.5, 0.6) is 0 Å². The Morgan fingerprint density at radius 2 is 1.76 bits per heavy atom. The van der Waals surface area contributed by atoms with Crippen LogP contribution in [-0.2, 0) is 19.1 Å². The highest BCUT2D eigenvalue weighted by atomic mass is 16.5. The zero-order valence-electron chi connectivity index (χ0n) is 13.9. The van der Waals surface area contributed by atoms with Crippen molar-refractivity contribution in [3.8, 4) is 0 Å². The molecule has 0 spiro atoms. The molecule has 0 N–H and O–H groups in total. The summed E-state index contributed by atoms with van der Waals surface area (Å²) in [6.07, 6.45) is 3.03. The van der Waals surface area contributed by atoms with Gasteiger partial charge in [0.1, 0.15) is 6.61 Å². The number of fused-ring (bicyclic) bond motifs is 5. The van der Waals surface area contributed by atoms with Crippen molar-refractivity contribution in [1.82, 2.24) is 0 Å². The predicted molar refractivity (Wildman–Crippen MR) is 87.7 cm³/mol. The van der Waals surface area contributed by atoms with E-state index in [9.17, 15) is 19.2 Å². The van der Waals surface area contributed by atoms with Crippen LogP contribution in [0, 0.1) is 23.7 Å². The van der Waals surface area contributed by atoms with Crippen LogP contribution >= 0.6 is 0 Å². The minimum Gasteiger partial charge on any atom is -0.454 e. The number of nitrogens with zero attached hydrogens (tertiary/aromatic N) is 1. The van der Waals surface area contributed by atoms with Gasteiger partial charge in [0.05, 0.1) is 23.1 Å². The summed E-state index contributed by atoms with van der Waals surface area (Å²) in [6.45, 7) is 1.04. The number of ketones is 1. The number of amides is 2. The van der Waals surface area contributed by atoms with Crippen LogP contribution < -0.4 is 4.90 Å². The van der Waals surface area contributed by atoms with Crippen LogP contribution in [0.3, 0.4) is 0 Å². The summed E-state index contributed by atoms with van der Waals surface area (Å²) < 4.78 is 4.90. The van der Waals surface area contributed by atoms with Gasteiger partial charge < -0.3 is 4.74 Å². The molecule has 2 bridgehead atoms. The summed E-state index contributed by atoms with van der Waals surface area (Å²) in [5, 5.41) is 0. The van der Waals surface area contributed by atoms with Crippen molar-refractivity contribution in [2.45, 2.75) is 26.2 Å². The maximum Gasteiger partial charge on any atom is 0.338 e. The van der Waals surface area contributed by atoms with E-state index in [1.165, 1.54) is 17.9 Å². The third-order valence-electron chi connectivity index (χ3n) is 5.67. The normalized spacial score (nSPS) is 29.9. The highest BCUT2D eigenvalue weighted by molar-refractivity contribution is 6.22. The Hall–Kier alpha value is -2.50. The summed E-state index contributed by atoms with van der Waals surface area (Å²) in [6, 6.07) is 6.30. The molecule has 1 aromatic rings. The first-order valence-corrected chi connectivity index (χ1v) is 8.62. The number of carbonyl (C=O) groups is 4. The molecule has 25 heavy (non-hydrogen) atoms. The number of carbonyl (C=O) groups excluding carboxylic acids is 4. The van der Waals surface area contributed by atoms with Gasteiger partial charge in [-0.1, -0.05) is 6.07 Å². The van der Waals surface area contributed by atoms with E-state index in [0.29, 0.717) is 17.5 Å². The van der Waals surface area contributed by atoms with Crippen LogP contribution in [0.15, 0.2) is 24.3 Å². The van der Waals surface area contributed by atoms with E-state index in [0.717, 1.165) is 19.3 Å². The standard InChI is InChI=1S/C19H19NO5/c1-10(21)9-25-19(24)13-3-2-4-14(8-13)20-17(22)15-11-5-6-12(7-11)16(15)18(20)23/h2-4,8,11-12,15-16H,5-7,9H2,1H3/t11-,12-,15-,16-/m0/s1. The summed E-state index contributed by atoms with van der Waals surface area (Å²) in [5.74, 6) is -0.929. The first kappa shape index (κ1) is 16.0. The van der Waals surface area contributed by atoms with Crippen molar-refractivity contribution in [1.29, 1.82) is 0 Å². The lowest BCUT2D eigenvalue weighted by molar-refractivity contribution is -0.123. The molecule has 130 valence electrons. The largest absolute Gasteiger partial charge is 0.454 e. The minimum absolute atomic E-state index is 0.142. The quantitative estimate of drug-likeness (QED) is 0.618. The Balaban J connectivity index is 1.59. The van der Waals surface area contributed by atoms with E-state index in [-0.39, 0.29) is 41.6 Å². The lowest BCUT2D eigenvalue weighted by Gasteiger charge is -2.19. The predicted octanol–water partition coefficient (Wildman–Crippen LogP) is 1.97. The van der Waals surface area contributed by atoms with Gasteiger partial charge in [0, 0.05) is 0 Å². The third-order valence-corrected chi connectivity index (χ3v) is 5.67. The molecular formula is C19H19NO5. The van der Waals surface area contributed by atoms with Crippen molar-refractivity contribution < 1.29 is 23.9 Å². The minimum atomic E-state index is -0.642. The Labute approximate surface area is 145 Å². The van der Waals surface area contributed by atoms with Gasteiger partial charge in [0.15, 0.2) is 5.78 Å². The van der Waals surface area contributed by atoms with E-state index in [2.05, 4.69) is 0 Å². The Bertz CT molecular complexity index is 758. The van der Waals surface area contributed by atoms with Crippen molar-refractivity contribution in [2.75, 3.05) is 11.5 Å². The number of rotatable bonds is 4. The number of hydrogen-bond donors (Lipinski definition) is 0. The van der Waals surface area contributed by atoms with Gasteiger partial charge in [-0.25, -0.2) is 4.79 Å². The number of ether oxygens (including phenoxy) is 1. The average molecular weight is 341 g/mol. The van der Waals surface area contributed by atoms with E-state index < -0.39 is 5.97 Å². The second-order valence-corrected chi connectivity index (χ2v) is 7.23. The van der Waals surface area contributed by atoms with E-state index in [1.807, 2.05) is 0 Å². The molecule has 1 aliphatic heterocycles. The Morgan fingerprint density at radius 1 is 1.12 bits per heavy atom. The Kier molecular flexibility index (Phi) is 3.71. The van der Waals surface area contributed by atoms with E-state index in [4.69, 9.17) is 4.74 Å². The zero-order chi connectivity index (χ0) is 17.7. The van der Waals surface area contributed by atoms with Crippen LogP contribution in [-0.4, -0.2) is 30.2 Å². The van der Waals surface area contributed by atoms with Gasteiger partial charge in [-0.15, -0.1) is 0 Å². The van der Waals surface area contributed by atoms with Crippen molar-refractivity contribution in [3.63, 3.8) is 0 Å². The molecule has 1 heterocycles. The molecule has 4 atom stereocenters. The summed E-state index contributed by atoms with van der Waals surface area (Å²) in [5.41, 5.74) is 0.625. The smallest absolute Gasteiger partial charge is 0.338 e. The molecule has 2 saturated carbocycles. The highest BCUT2D eigenvalue weighted by Gasteiger charge is 2.61. The van der Waals surface area contributed by atoms with Gasteiger partial charge in [-0.3, -0.25) is 19.3 Å². The molecule has 2 amide bonds. The average Bonchev–Trinajstić information content (AvgIpc) is 3.26. The SMILES string of the molecule is CC(=O)COC(=O)c1cccc(N2C(=O)[C@H]3[C@H]4CC[C@@H](C4)[C@@H]3C2=O)c1. The van der Waals surface area contributed by atoms with Gasteiger partial charge >= 0.3 is 5.97 Å². The first-order valence-electron chi connectivity index (χ1n) is 8.62. The van der Waals surface area contributed by atoms with E-state index >= 15 is 0 Å². The number of Topliss-reactive ketones (excluding diaryl/α,β-unsaturated/α-hetero) is 1. The summed E-state index contributed by atoms with van der Waals surface area (Å²) in [7, 11) is 0. The first-order chi connectivity index (χ1) is 12.0. The highest BCUT2D eigenvalue weighted by Crippen LogP contribution is 2.56. The van der Waals surface area contributed by atoms with Crippen LogP contribution in [0.4, 0.5) is 5.69 Å². The van der Waals surface area contributed by atoms with Gasteiger partial charge in [-0.05, 0) is 56.2 Å². The zero-order valence-corrected chi connectivity index (χ0v) is 13.9. The molecule has 6 nitrogen and oxygen atoms in total. The topological polar surface area (TPSA) is 80.8 Å². The maximum atomic E-state index is 12.8. The third kappa shape index (κ3) is 2.47. The molecule has 1 saturated heterocycles. The molecule has 0 unspecified atom stereocenters. The molecule has 6 heteroatoms. The van der Waals surface area contributed by atoms with Gasteiger partial charge in [-0.2, -0.15) is 0 Å². The molecule has 3 fully saturated rings.